The number of hydrogen-bond donors (Lipinski definition) is 0. The van der Waals surface area contributed by atoms with E-state index in [9.17, 15) is 10.1 Å². The molecule has 0 aliphatic carbocycles. The van der Waals surface area contributed by atoms with Crippen LogP contribution in [0.3, 0.4) is 0 Å². The molecule has 5 heteroatoms. The van der Waals surface area contributed by atoms with Crippen LogP contribution in [0.15, 0.2) is 0 Å². The molecular formula is C13H23N3O2. The van der Waals surface area contributed by atoms with E-state index in [0.717, 1.165) is 6.54 Å². The van der Waals surface area contributed by atoms with E-state index in [1.54, 1.807) is 0 Å². The molecule has 1 fully saturated rings. The molecule has 1 amide bonds. The third-order valence-electron chi connectivity index (χ3n) is 2.92. The zero-order valence-electron chi connectivity index (χ0n) is 11.9. The van der Waals surface area contributed by atoms with Crippen LogP contribution in [-0.2, 0) is 4.74 Å². The predicted molar refractivity (Wildman–Crippen MR) is 69.1 cm³/mol. The van der Waals surface area contributed by atoms with Crippen molar-refractivity contribution in [1.29, 1.82) is 5.26 Å². The average molecular weight is 253 g/mol. The van der Waals surface area contributed by atoms with Gasteiger partial charge in [-0.25, -0.2) is 4.79 Å². The largest absolute Gasteiger partial charge is 0.444 e. The van der Waals surface area contributed by atoms with Crippen molar-refractivity contribution < 1.29 is 9.53 Å². The lowest BCUT2D eigenvalue weighted by Crippen LogP contribution is -2.56. The highest BCUT2D eigenvalue weighted by Gasteiger charge is 2.33. The zero-order valence-corrected chi connectivity index (χ0v) is 11.9. The van der Waals surface area contributed by atoms with Crippen molar-refractivity contribution in [2.24, 2.45) is 0 Å². The Hall–Kier alpha value is -1.28. The van der Waals surface area contributed by atoms with Gasteiger partial charge in [0.1, 0.15) is 11.6 Å². The molecule has 1 saturated heterocycles. The second-order valence-electron chi connectivity index (χ2n) is 5.91. The predicted octanol–water partition coefficient (Wildman–Crippen LogP) is 1.84. The Morgan fingerprint density at radius 3 is 2.44 bits per heavy atom. The van der Waals surface area contributed by atoms with Gasteiger partial charge in [-0.05, 0) is 34.6 Å². The van der Waals surface area contributed by atoms with Crippen LogP contribution in [0.1, 0.15) is 34.6 Å². The summed E-state index contributed by atoms with van der Waals surface area (Å²) in [5, 5.41) is 9.18. The van der Waals surface area contributed by atoms with Crippen molar-refractivity contribution in [2.75, 3.05) is 19.6 Å². The van der Waals surface area contributed by atoms with Gasteiger partial charge in [-0.1, -0.05) is 0 Å². The van der Waals surface area contributed by atoms with E-state index in [-0.39, 0.29) is 0 Å². The van der Waals surface area contributed by atoms with Crippen molar-refractivity contribution in [3.63, 3.8) is 0 Å². The maximum Gasteiger partial charge on any atom is 0.411 e. The molecule has 0 N–H and O–H groups in total. The first-order valence-corrected chi connectivity index (χ1v) is 6.38. The molecule has 18 heavy (non-hydrogen) atoms. The van der Waals surface area contributed by atoms with Crippen LogP contribution in [0, 0.1) is 11.3 Å². The Balaban J connectivity index is 2.68. The Kier molecular flexibility index (Phi) is 4.58. The number of rotatable bonds is 1. The Labute approximate surface area is 109 Å². The summed E-state index contributed by atoms with van der Waals surface area (Å²) in [5.41, 5.74) is -0.522. The second kappa shape index (κ2) is 5.57. The zero-order chi connectivity index (χ0) is 13.9. The van der Waals surface area contributed by atoms with E-state index in [2.05, 4.69) is 24.8 Å². The van der Waals surface area contributed by atoms with Crippen molar-refractivity contribution in [3.05, 3.63) is 0 Å². The van der Waals surface area contributed by atoms with Gasteiger partial charge in [0.15, 0.2) is 0 Å². The van der Waals surface area contributed by atoms with Crippen molar-refractivity contribution in [1.82, 2.24) is 9.80 Å². The summed E-state index contributed by atoms with van der Waals surface area (Å²) in [6.07, 6.45) is -0.391. The molecule has 5 nitrogen and oxygen atoms in total. The van der Waals surface area contributed by atoms with Crippen LogP contribution in [0.25, 0.3) is 0 Å². The maximum atomic E-state index is 12.0. The van der Waals surface area contributed by atoms with Gasteiger partial charge in [-0.3, -0.25) is 9.80 Å². The van der Waals surface area contributed by atoms with E-state index in [4.69, 9.17) is 4.74 Å². The molecule has 0 saturated carbocycles. The Morgan fingerprint density at radius 2 is 2.00 bits per heavy atom. The minimum Gasteiger partial charge on any atom is -0.444 e. The molecule has 1 heterocycles. The minimum atomic E-state index is -0.522. The van der Waals surface area contributed by atoms with E-state index in [1.807, 2.05) is 20.8 Å². The van der Waals surface area contributed by atoms with Gasteiger partial charge in [0, 0.05) is 25.7 Å². The molecule has 0 aromatic rings. The average Bonchev–Trinajstić information content (AvgIpc) is 2.25. The molecule has 0 aromatic carbocycles. The van der Waals surface area contributed by atoms with Crippen LogP contribution < -0.4 is 0 Å². The molecule has 1 rings (SSSR count). The van der Waals surface area contributed by atoms with Crippen molar-refractivity contribution >= 4 is 6.09 Å². The number of ether oxygens (including phenoxy) is 1. The number of nitriles is 1. The SMILES string of the molecule is CC(C)N1CCN(C(=O)OC(C)(C)C)[C@@H](C#N)C1. The monoisotopic (exact) mass is 253 g/mol. The Bertz CT molecular complexity index is 341. The highest BCUT2D eigenvalue weighted by molar-refractivity contribution is 5.69. The number of nitrogens with zero attached hydrogens (tertiary/aromatic N) is 3. The summed E-state index contributed by atoms with van der Waals surface area (Å²) in [6, 6.07) is 2.16. The lowest BCUT2D eigenvalue weighted by Gasteiger charge is -2.40. The van der Waals surface area contributed by atoms with Crippen LogP contribution in [0.5, 0.6) is 0 Å². The van der Waals surface area contributed by atoms with Gasteiger partial charge in [0.05, 0.1) is 6.07 Å². The summed E-state index contributed by atoms with van der Waals surface area (Å²) in [7, 11) is 0. The topological polar surface area (TPSA) is 56.6 Å². The van der Waals surface area contributed by atoms with Crippen molar-refractivity contribution in [3.8, 4) is 6.07 Å². The molecule has 0 bridgehead atoms. The summed E-state index contributed by atoms with van der Waals surface area (Å²) in [5.74, 6) is 0. The molecule has 0 unspecified atom stereocenters. The van der Waals surface area contributed by atoms with Gasteiger partial charge < -0.3 is 4.74 Å². The normalized spacial score (nSPS) is 21.8. The van der Waals surface area contributed by atoms with Crippen LogP contribution in [-0.4, -0.2) is 53.2 Å². The standard InChI is InChI=1S/C13H23N3O2/c1-10(2)15-6-7-16(11(8-14)9-15)12(17)18-13(3,4)5/h10-11H,6-7,9H2,1-5H3/t11-/m0/s1. The number of hydrogen-bond acceptors (Lipinski definition) is 4. The third kappa shape index (κ3) is 3.88. The van der Waals surface area contributed by atoms with E-state index in [0.29, 0.717) is 19.1 Å². The lowest BCUT2D eigenvalue weighted by molar-refractivity contribution is 0.00296. The quantitative estimate of drug-likeness (QED) is 0.715. The van der Waals surface area contributed by atoms with Gasteiger partial charge in [0.2, 0.25) is 0 Å². The first-order chi connectivity index (χ1) is 8.24. The third-order valence-corrected chi connectivity index (χ3v) is 2.92. The van der Waals surface area contributed by atoms with Crippen LogP contribution in [0.2, 0.25) is 0 Å². The fourth-order valence-electron chi connectivity index (χ4n) is 1.92. The number of piperazine rings is 1. The van der Waals surface area contributed by atoms with E-state index >= 15 is 0 Å². The minimum absolute atomic E-state index is 0.390. The first-order valence-electron chi connectivity index (χ1n) is 6.38. The molecule has 1 aliphatic heterocycles. The fourth-order valence-corrected chi connectivity index (χ4v) is 1.92. The smallest absolute Gasteiger partial charge is 0.411 e. The van der Waals surface area contributed by atoms with Crippen LogP contribution in [0.4, 0.5) is 4.79 Å². The highest BCUT2D eigenvalue weighted by atomic mass is 16.6. The number of carbonyl (C=O) groups is 1. The van der Waals surface area contributed by atoms with Gasteiger partial charge in [-0.15, -0.1) is 0 Å². The molecule has 0 radical (unpaired) electrons. The molecule has 1 atom stereocenters. The van der Waals surface area contributed by atoms with Gasteiger partial charge in [0.25, 0.3) is 0 Å². The van der Waals surface area contributed by atoms with Crippen molar-refractivity contribution in [2.45, 2.75) is 52.3 Å². The van der Waals surface area contributed by atoms with Gasteiger partial charge >= 0.3 is 6.09 Å². The summed E-state index contributed by atoms with van der Waals surface area (Å²) in [6.45, 7) is 11.6. The highest BCUT2D eigenvalue weighted by Crippen LogP contribution is 2.16. The Morgan fingerprint density at radius 1 is 1.39 bits per heavy atom. The molecule has 0 spiro atoms. The summed E-state index contributed by atoms with van der Waals surface area (Å²) < 4.78 is 5.32. The maximum absolute atomic E-state index is 12.0. The summed E-state index contributed by atoms with van der Waals surface area (Å²) in [4.78, 5) is 15.7. The summed E-state index contributed by atoms with van der Waals surface area (Å²) >= 11 is 0. The fraction of sp³-hybridized carbons (Fsp3) is 0.846. The molecule has 0 aromatic heterocycles. The first kappa shape index (κ1) is 14.8. The molecule has 102 valence electrons. The second-order valence-corrected chi connectivity index (χ2v) is 5.91. The molecule has 1 aliphatic rings. The molecular weight excluding hydrogens is 230 g/mol. The van der Waals surface area contributed by atoms with E-state index in [1.165, 1.54) is 4.90 Å². The van der Waals surface area contributed by atoms with E-state index < -0.39 is 17.7 Å². The number of carbonyl (C=O) groups excluding carboxylic acids is 1. The van der Waals surface area contributed by atoms with Crippen LogP contribution >= 0.6 is 0 Å². The van der Waals surface area contributed by atoms with Gasteiger partial charge in [-0.2, -0.15) is 5.26 Å². The number of amides is 1. The lowest BCUT2D eigenvalue weighted by atomic mass is 10.1.